The van der Waals surface area contributed by atoms with Gasteiger partial charge in [0.15, 0.2) is 0 Å². The van der Waals surface area contributed by atoms with Gasteiger partial charge in [0.2, 0.25) is 0 Å². The minimum Gasteiger partial charge on any atom is -0.390 e. The van der Waals surface area contributed by atoms with E-state index in [0.29, 0.717) is 11.3 Å². The standard InChI is InChI=1S/C16H32O/c1-13(2)8-11-16(17)10-6-7-14(9-12-16)15(3,4)5/h13-14,17H,6-12H2,1-5H3. The van der Waals surface area contributed by atoms with Crippen LogP contribution in [0.25, 0.3) is 0 Å². The quantitative estimate of drug-likeness (QED) is 0.704. The van der Waals surface area contributed by atoms with Gasteiger partial charge in [0.1, 0.15) is 0 Å². The molecule has 1 heteroatoms. The molecule has 0 radical (unpaired) electrons. The van der Waals surface area contributed by atoms with Crippen molar-refractivity contribution in [1.82, 2.24) is 0 Å². The zero-order valence-electron chi connectivity index (χ0n) is 12.6. The van der Waals surface area contributed by atoms with Crippen LogP contribution >= 0.6 is 0 Å². The fraction of sp³-hybridized carbons (Fsp3) is 1.00. The zero-order valence-corrected chi connectivity index (χ0v) is 12.6. The highest BCUT2D eigenvalue weighted by molar-refractivity contribution is 4.86. The van der Waals surface area contributed by atoms with Gasteiger partial charge in [0, 0.05) is 0 Å². The van der Waals surface area contributed by atoms with Gasteiger partial charge in [-0.15, -0.1) is 0 Å². The molecule has 0 bridgehead atoms. The van der Waals surface area contributed by atoms with Crippen molar-refractivity contribution >= 4 is 0 Å². The summed E-state index contributed by atoms with van der Waals surface area (Å²) in [6.45, 7) is 11.5. The van der Waals surface area contributed by atoms with Crippen LogP contribution in [0.5, 0.6) is 0 Å². The first-order valence-electron chi connectivity index (χ1n) is 7.45. The predicted molar refractivity (Wildman–Crippen MR) is 75.1 cm³/mol. The van der Waals surface area contributed by atoms with E-state index >= 15 is 0 Å². The Balaban J connectivity index is 2.51. The molecule has 0 heterocycles. The van der Waals surface area contributed by atoms with Crippen LogP contribution in [0, 0.1) is 17.3 Å². The molecule has 2 atom stereocenters. The molecule has 0 aromatic carbocycles. The Morgan fingerprint density at radius 1 is 1.18 bits per heavy atom. The Morgan fingerprint density at radius 3 is 2.35 bits per heavy atom. The highest BCUT2D eigenvalue weighted by atomic mass is 16.3. The molecule has 1 N–H and O–H groups in total. The second-order valence-electron chi connectivity index (χ2n) is 7.65. The van der Waals surface area contributed by atoms with Crippen LogP contribution in [0.15, 0.2) is 0 Å². The monoisotopic (exact) mass is 240 g/mol. The number of hydrogen-bond acceptors (Lipinski definition) is 1. The summed E-state index contributed by atoms with van der Waals surface area (Å²) in [5.74, 6) is 1.50. The van der Waals surface area contributed by atoms with E-state index in [1.807, 2.05) is 0 Å². The van der Waals surface area contributed by atoms with Gasteiger partial charge < -0.3 is 5.11 Å². The van der Waals surface area contributed by atoms with Gasteiger partial charge in [0.25, 0.3) is 0 Å². The van der Waals surface area contributed by atoms with Crippen molar-refractivity contribution in [3.05, 3.63) is 0 Å². The number of rotatable bonds is 3. The minimum absolute atomic E-state index is 0.357. The molecule has 0 saturated heterocycles. The molecule has 1 nitrogen and oxygen atoms in total. The van der Waals surface area contributed by atoms with Crippen molar-refractivity contribution in [3.63, 3.8) is 0 Å². The zero-order chi connectivity index (χ0) is 13.1. The highest BCUT2D eigenvalue weighted by Gasteiger charge is 2.34. The highest BCUT2D eigenvalue weighted by Crippen LogP contribution is 2.41. The van der Waals surface area contributed by atoms with Crippen molar-refractivity contribution in [3.8, 4) is 0 Å². The van der Waals surface area contributed by atoms with E-state index in [1.165, 1.54) is 19.3 Å². The lowest BCUT2D eigenvalue weighted by atomic mass is 9.76. The Bertz CT molecular complexity index is 226. The summed E-state index contributed by atoms with van der Waals surface area (Å²) in [6, 6.07) is 0. The Morgan fingerprint density at radius 2 is 1.82 bits per heavy atom. The molecule has 0 aromatic heterocycles. The van der Waals surface area contributed by atoms with Crippen LogP contribution in [0.4, 0.5) is 0 Å². The lowest BCUT2D eigenvalue weighted by Gasteiger charge is -2.31. The largest absolute Gasteiger partial charge is 0.390 e. The van der Waals surface area contributed by atoms with Crippen LogP contribution < -0.4 is 0 Å². The summed E-state index contributed by atoms with van der Waals surface area (Å²) >= 11 is 0. The molecule has 1 aliphatic carbocycles. The average molecular weight is 240 g/mol. The van der Waals surface area contributed by atoms with Gasteiger partial charge in [-0.2, -0.15) is 0 Å². The topological polar surface area (TPSA) is 20.2 Å². The van der Waals surface area contributed by atoms with Crippen molar-refractivity contribution < 1.29 is 5.11 Å². The molecule has 1 saturated carbocycles. The maximum atomic E-state index is 10.7. The number of aliphatic hydroxyl groups is 1. The summed E-state index contributed by atoms with van der Waals surface area (Å²) in [6.07, 6.45) is 7.91. The van der Waals surface area contributed by atoms with E-state index in [-0.39, 0.29) is 5.60 Å². The fourth-order valence-corrected chi connectivity index (χ4v) is 3.06. The third kappa shape index (κ3) is 4.99. The van der Waals surface area contributed by atoms with Gasteiger partial charge in [0.05, 0.1) is 5.60 Å². The first-order chi connectivity index (χ1) is 7.73. The minimum atomic E-state index is -0.357. The molecule has 0 spiro atoms. The summed E-state index contributed by atoms with van der Waals surface area (Å²) in [4.78, 5) is 0. The smallest absolute Gasteiger partial charge is 0.0648 e. The maximum Gasteiger partial charge on any atom is 0.0648 e. The molecule has 0 amide bonds. The van der Waals surface area contributed by atoms with Crippen molar-refractivity contribution in [2.45, 2.75) is 85.2 Å². The Labute approximate surface area is 108 Å². The lowest BCUT2D eigenvalue weighted by molar-refractivity contribution is 0.00922. The summed E-state index contributed by atoms with van der Waals surface area (Å²) < 4.78 is 0. The molecule has 1 rings (SSSR count). The van der Waals surface area contributed by atoms with Gasteiger partial charge in [-0.1, -0.05) is 41.0 Å². The second kappa shape index (κ2) is 5.73. The summed E-state index contributed by atoms with van der Waals surface area (Å²) in [7, 11) is 0. The molecule has 17 heavy (non-hydrogen) atoms. The van der Waals surface area contributed by atoms with Crippen LogP contribution in [-0.2, 0) is 0 Å². The van der Waals surface area contributed by atoms with Crippen molar-refractivity contribution in [2.75, 3.05) is 0 Å². The molecule has 102 valence electrons. The summed E-state index contributed by atoms with van der Waals surface area (Å²) in [5, 5.41) is 10.7. The van der Waals surface area contributed by atoms with Crippen molar-refractivity contribution in [1.29, 1.82) is 0 Å². The maximum absolute atomic E-state index is 10.7. The van der Waals surface area contributed by atoms with E-state index in [0.717, 1.165) is 31.6 Å². The first kappa shape index (κ1) is 15.0. The van der Waals surface area contributed by atoms with E-state index < -0.39 is 0 Å². The normalized spacial score (nSPS) is 31.6. The summed E-state index contributed by atoms with van der Waals surface area (Å²) in [5.41, 5.74) is 0.0492. The first-order valence-corrected chi connectivity index (χ1v) is 7.45. The molecule has 2 unspecified atom stereocenters. The van der Waals surface area contributed by atoms with E-state index in [2.05, 4.69) is 34.6 Å². The number of hydrogen-bond donors (Lipinski definition) is 1. The molecular weight excluding hydrogens is 208 g/mol. The van der Waals surface area contributed by atoms with Crippen LogP contribution in [0.1, 0.15) is 79.6 Å². The Hall–Kier alpha value is -0.0400. The molecule has 0 aliphatic heterocycles. The Kier molecular flexibility index (Phi) is 5.07. The van der Waals surface area contributed by atoms with Gasteiger partial charge in [-0.25, -0.2) is 0 Å². The van der Waals surface area contributed by atoms with E-state index in [4.69, 9.17) is 0 Å². The second-order valence-corrected chi connectivity index (χ2v) is 7.65. The fourth-order valence-electron chi connectivity index (χ4n) is 3.06. The predicted octanol–water partition coefficient (Wildman–Crippen LogP) is 4.78. The average Bonchev–Trinajstić information content (AvgIpc) is 2.37. The van der Waals surface area contributed by atoms with E-state index in [9.17, 15) is 5.11 Å². The van der Waals surface area contributed by atoms with Crippen LogP contribution in [0.2, 0.25) is 0 Å². The third-order valence-corrected chi connectivity index (χ3v) is 4.56. The molecule has 1 fully saturated rings. The molecule has 1 aliphatic rings. The third-order valence-electron chi connectivity index (χ3n) is 4.56. The van der Waals surface area contributed by atoms with Gasteiger partial charge in [-0.05, 0) is 55.8 Å². The van der Waals surface area contributed by atoms with E-state index in [1.54, 1.807) is 0 Å². The lowest BCUT2D eigenvalue weighted by Crippen LogP contribution is -2.28. The SMILES string of the molecule is CC(C)CCC1(O)CCCC(C(C)(C)C)CC1. The molecule has 0 aromatic rings. The van der Waals surface area contributed by atoms with Crippen LogP contribution in [-0.4, -0.2) is 10.7 Å². The molecular formula is C16H32O. The van der Waals surface area contributed by atoms with Crippen LogP contribution in [0.3, 0.4) is 0 Å². The van der Waals surface area contributed by atoms with Crippen molar-refractivity contribution in [2.24, 2.45) is 17.3 Å². The van der Waals surface area contributed by atoms with Gasteiger partial charge in [-0.3, -0.25) is 0 Å². The van der Waals surface area contributed by atoms with Gasteiger partial charge >= 0.3 is 0 Å².